The highest BCUT2D eigenvalue weighted by atomic mass is 16.5. The maximum Gasteiger partial charge on any atom is 0.227 e. The molecule has 1 heterocycles. The number of anilines is 1. The van der Waals surface area contributed by atoms with Crippen molar-refractivity contribution in [3.8, 4) is 5.75 Å². The Morgan fingerprint density at radius 2 is 2.04 bits per heavy atom. The van der Waals surface area contributed by atoms with Gasteiger partial charge in [-0.3, -0.25) is 4.79 Å². The van der Waals surface area contributed by atoms with Crippen molar-refractivity contribution in [2.24, 2.45) is 0 Å². The number of fused-ring (bicyclic) bond motifs is 2. The van der Waals surface area contributed by atoms with Gasteiger partial charge in [0.05, 0.1) is 12.2 Å². The Labute approximate surface area is 160 Å². The average Bonchev–Trinajstić information content (AvgIpc) is 3.00. The van der Waals surface area contributed by atoms with E-state index in [4.69, 9.17) is 4.74 Å². The molecule has 0 aromatic heterocycles. The number of hydrogen-bond donors (Lipinski definition) is 1. The van der Waals surface area contributed by atoms with Crippen LogP contribution in [0.2, 0.25) is 0 Å². The van der Waals surface area contributed by atoms with Gasteiger partial charge in [0, 0.05) is 24.2 Å². The van der Waals surface area contributed by atoms with Crippen LogP contribution in [-0.4, -0.2) is 24.2 Å². The minimum absolute atomic E-state index is 0.173. The van der Waals surface area contributed by atoms with Crippen molar-refractivity contribution in [3.05, 3.63) is 59.2 Å². The summed E-state index contributed by atoms with van der Waals surface area (Å²) in [4.78, 5) is 14.6. The van der Waals surface area contributed by atoms with Gasteiger partial charge >= 0.3 is 0 Å². The van der Waals surface area contributed by atoms with Crippen LogP contribution in [0.1, 0.15) is 49.3 Å². The lowest BCUT2D eigenvalue weighted by Gasteiger charge is -2.29. The van der Waals surface area contributed by atoms with Crippen LogP contribution in [0.4, 0.5) is 5.69 Å². The van der Waals surface area contributed by atoms with E-state index in [0.29, 0.717) is 19.4 Å². The Hall–Kier alpha value is -2.33. The molecule has 1 N–H and O–H groups in total. The zero-order chi connectivity index (χ0) is 18.9. The van der Waals surface area contributed by atoms with Crippen molar-refractivity contribution in [2.75, 3.05) is 18.1 Å². The van der Waals surface area contributed by atoms with Crippen LogP contribution in [0.3, 0.4) is 0 Å². The van der Waals surface area contributed by atoms with Gasteiger partial charge in [0.2, 0.25) is 5.91 Å². The number of carbonyl (C=O) groups excluding carboxylic acids is 1. The molecule has 1 amide bonds. The third-order valence-electron chi connectivity index (χ3n) is 5.78. The molecule has 1 unspecified atom stereocenters. The number of ether oxygens (including phenoxy) is 1. The van der Waals surface area contributed by atoms with Crippen LogP contribution < -0.4 is 9.64 Å². The maximum atomic E-state index is 12.7. The second-order valence-corrected chi connectivity index (χ2v) is 7.79. The van der Waals surface area contributed by atoms with Gasteiger partial charge in [-0.25, -0.2) is 0 Å². The molecule has 4 rings (SSSR count). The quantitative estimate of drug-likeness (QED) is 0.816. The lowest BCUT2D eigenvalue weighted by atomic mass is 9.98. The topological polar surface area (TPSA) is 49.8 Å². The van der Waals surface area contributed by atoms with Gasteiger partial charge in [-0.2, -0.15) is 0 Å². The minimum atomic E-state index is -0.758. The number of para-hydroxylation sites is 1. The predicted octanol–water partition coefficient (Wildman–Crippen LogP) is 3.98. The first kappa shape index (κ1) is 18.1. The number of aryl methyl sites for hydroxylation is 1. The fourth-order valence-electron chi connectivity index (χ4n) is 4.30. The first-order valence-electron chi connectivity index (χ1n) is 9.92. The zero-order valence-electron chi connectivity index (χ0n) is 15.9. The van der Waals surface area contributed by atoms with E-state index in [9.17, 15) is 9.90 Å². The molecular formula is C23H27NO3. The van der Waals surface area contributed by atoms with Crippen LogP contribution >= 0.6 is 0 Å². The molecule has 2 aliphatic rings. The minimum Gasteiger partial charge on any atom is -0.493 e. The van der Waals surface area contributed by atoms with Crippen molar-refractivity contribution in [3.63, 3.8) is 0 Å². The predicted molar refractivity (Wildman–Crippen MR) is 106 cm³/mol. The summed E-state index contributed by atoms with van der Waals surface area (Å²) in [6.07, 6.45) is 4.82. The van der Waals surface area contributed by atoms with Gasteiger partial charge < -0.3 is 14.7 Å². The molecule has 0 radical (unpaired) electrons. The fraction of sp³-hybridized carbons (Fsp3) is 0.435. The number of amides is 1. The Morgan fingerprint density at radius 3 is 2.93 bits per heavy atom. The Kier molecular flexibility index (Phi) is 4.92. The van der Waals surface area contributed by atoms with E-state index in [1.54, 1.807) is 0 Å². The summed E-state index contributed by atoms with van der Waals surface area (Å²) < 4.78 is 5.97. The lowest BCUT2D eigenvalue weighted by molar-refractivity contribution is -0.118. The standard InChI is InChI=1S/C23H27NO3/c1-23(26)14-13-18-19(23)9-4-11-21(18)27-16-6-12-22(25)24-15-5-8-17-7-2-3-10-20(17)24/h2-4,7,9-11,26H,5-6,8,12-16H2,1H3. The Balaban J connectivity index is 1.33. The number of nitrogens with zero attached hydrogens (tertiary/aromatic N) is 1. The summed E-state index contributed by atoms with van der Waals surface area (Å²) in [5.41, 5.74) is 3.66. The SMILES string of the molecule is CC1(O)CCc2c(OCCCC(=O)N3CCCc4ccccc43)cccc21. The molecule has 27 heavy (non-hydrogen) atoms. The van der Waals surface area contributed by atoms with Gasteiger partial charge in [0.25, 0.3) is 0 Å². The number of aliphatic hydroxyl groups is 1. The number of carbonyl (C=O) groups is 1. The van der Waals surface area contributed by atoms with Crippen LogP contribution in [0.15, 0.2) is 42.5 Å². The molecule has 1 aliphatic heterocycles. The highest BCUT2D eigenvalue weighted by Gasteiger charge is 2.33. The second-order valence-electron chi connectivity index (χ2n) is 7.79. The van der Waals surface area contributed by atoms with Crippen molar-refractivity contribution in [2.45, 2.75) is 51.0 Å². The maximum absolute atomic E-state index is 12.7. The van der Waals surface area contributed by atoms with Gasteiger partial charge in [-0.15, -0.1) is 0 Å². The van der Waals surface area contributed by atoms with Gasteiger partial charge in [0.15, 0.2) is 0 Å². The normalized spacial score (nSPS) is 20.9. The van der Waals surface area contributed by atoms with E-state index in [-0.39, 0.29) is 5.91 Å². The van der Waals surface area contributed by atoms with Gasteiger partial charge in [-0.05, 0) is 62.3 Å². The molecular weight excluding hydrogens is 338 g/mol. The van der Waals surface area contributed by atoms with E-state index in [0.717, 1.165) is 54.8 Å². The lowest BCUT2D eigenvalue weighted by Crippen LogP contribution is -2.35. The van der Waals surface area contributed by atoms with E-state index < -0.39 is 5.60 Å². The number of benzene rings is 2. The van der Waals surface area contributed by atoms with E-state index in [2.05, 4.69) is 6.07 Å². The molecule has 4 heteroatoms. The van der Waals surface area contributed by atoms with Crippen LogP contribution in [0, 0.1) is 0 Å². The van der Waals surface area contributed by atoms with Crippen molar-refractivity contribution < 1.29 is 14.6 Å². The van der Waals surface area contributed by atoms with E-state index >= 15 is 0 Å². The van der Waals surface area contributed by atoms with Crippen molar-refractivity contribution in [1.29, 1.82) is 0 Å². The molecule has 0 bridgehead atoms. The number of rotatable bonds is 5. The van der Waals surface area contributed by atoms with E-state index in [1.165, 1.54) is 5.56 Å². The third-order valence-corrected chi connectivity index (χ3v) is 5.78. The summed E-state index contributed by atoms with van der Waals surface area (Å²) >= 11 is 0. The van der Waals surface area contributed by atoms with Crippen molar-refractivity contribution in [1.82, 2.24) is 0 Å². The largest absolute Gasteiger partial charge is 0.493 e. The summed E-state index contributed by atoms with van der Waals surface area (Å²) in [5, 5.41) is 10.4. The van der Waals surface area contributed by atoms with E-state index in [1.807, 2.05) is 48.2 Å². The molecule has 2 aromatic rings. The Morgan fingerprint density at radius 1 is 1.19 bits per heavy atom. The molecule has 0 saturated carbocycles. The van der Waals surface area contributed by atoms with Gasteiger partial charge in [-0.1, -0.05) is 30.3 Å². The molecule has 1 atom stereocenters. The van der Waals surface area contributed by atoms with Crippen molar-refractivity contribution >= 4 is 11.6 Å². The molecule has 0 saturated heterocycles. The van der Waals surface area contributed by atoms with Crippen LogP contribution in [0.5, 0.6) is 5.75 Å². The summed E-state index contributed by atoms with van der Waals surface area (Å²) in [5.74, 6) is 1.02. The average molecular weight is 365 g/mol. The monoisotopic (exact) mass is 365 g/mol. The molecule has 0 spiro atoms. The second kappa shape index (κ2) is 7.35. The molecule has 2 aromatic carbocycles. The highest BCUT2D eigenvalue weighted by molar-refractivity contribution is 5.94. The summed E-state index contributed by atoms with van der Waals surface area (Å²) in [7, 11) is 0. The third kappa shape index (κ3) is 3.59. The molecule has 0 fully saturated rings. The first-order valence-corrected chi connectivity index (χ1v) is 9.92. The summed E-state index contributed by atoms with van der Waals surface area (Å²) in [6, 6.07) is 14.1. The molecule has 142 valence electrons. The molecule has 1 aliphatic carbocycles. The van der Waals surface area contributed by atoms with Crippen LogP contribution in [0.25, 0.3) is 0 Å². The fourth-order valence-corrected chi connectivity index (χ4v) is 4.30. The molecule has 4 nitrogen and oxygen atoms in total. The van der Waals surface area contributed by atoms with Gasteiger partial charge in [0.1, 0.15) is 5.75 Å². The smallest absolute Gasteiger partial charge is 0.227 e. The van der Waals surface area contributed by atoms with Crippen LogP contribution in [-0.2, 0) is 23.2 Å². The first-order chi connectivity index (χ1) is 13.1. The Bertz CT molecular complexity index is 843. The number of hydrogen-bond acceptors (Lipinski definition) is 3. The highest BCUT2D eigenvalue weighted by Crippen LogP contribution is 2.40. The zero-order valence-corrected chi connectivity index (χ0v) is 15.9. The summed E-state index contributed by atoms with van der Waals surface area (Å²) in [6.45, 7) is 3.18.